The van der Waals surface area contributed by atoms with Gasteiger partial charge in [0.2, 0.25) is 0 Å². The normalized spacial score (nSPS) is 16.3. The molecule has 7 nitrogen and oxygen atoms in total. The largest absolute Gasteiger partial charge is 0.497 e. The highest BCUT2D eigenvalue weighted by atomic mass is 16.5. The summed E-state index contributed by atoms with van der Waals surface area (Å²) in [5.74, 6) is 1.80. The number of hydrogen-bond acceptors (Lipinski definition) is 6. The fraction of sp³-hybridized carbons (Fsp3) is 0.458. The second-order valence-corrected chi connectivity index (χ2v) is 8.65. The lowest BCUT2D eigenvalue weighted by molar-refractivity contribution is 0.187. The first-order chi connectivity index (χ1) is 15.0. The lowest BCUT2D eigenvalue weighted by Crippen LogP contribution is -2.48. The highest BCUT2D eigenvalue weighted by molar-refractivity contribution is 5.51. The molecule has 2 heterocycles. The van der Waals surface area contributed by atoms with Crippen molar-refractivity contribution in [3.8, 4) is 5.75 Å². The Labute approximate surface area is 184 Å². The van der Waals surface area contributed by atoms with E-state index >= 15 is 0 Å². The van der Waals surface area contributed by atoms with Gasteiger partial charge in [-0.2, -0.15) is 0 Å². The fourth-order valence-electron chi connectivity index (χ4n) is 4.15. The maximum absolute atomic E-state index is 5.41. The molecular weight excluding hydrogens is 388 g/mol. The average molecular weight is 421 g/mol. The van der Waals surface area contributed by atoms with E-state index < -0.39 is 0 Å². The predicted octanol–water partition coefficient (Wildman–Crippen LogP) is 3.74. The van der Waals surface area contributed by atoms with Crippen molar-refractivity contribution < 1.29 is 4.74 Å². The summed E-state index contributed by atoms with van der Waals surface area (Å²) < 4.78 is 7.42. The molecule has 1 aliphatic rings. The summed E-state index contributed by atoms with van der Waals surface area (Å²) in [6, 6.07) is 18.9. The van der Waals surface area contributed by atoms with Gasteiger partial charge in [0.15, 0.2) is 5.82 Å². The monoisotopic (exact) mass is 420 g/mol. The molecular formula is C24H32N6O. The molecule has 1 saturated heterocycles. The summed E-state index contributed by atoms with van der Waals surface area (Å²) in [7, 11) is 1.71. The molecule has 0 bridgehead atoms. The van der Waals surface area contributed by atoms with Crippen molar-refractivity contribution in [1.82, 2.24) is 25.1 Å². The Hall–Kier alpha value is -2.93. The number of hydrogen-bond donors (Lipinski definition) is 0. The smallest absolute Gasteiger partial charge is 0.173 e. The number of nitrogens with zero attached hydrogens (tertiary/aromatic N) is 6. The minimum Gasteiger partial charge on any atom is -0.497 e. The van der Waals surface area contributed by atoms with Crippen molar-refractivity contribution in [3.05, 3.63) is 66.0 Å². The van der Waals surface area contributed by atoms with Gasteiger partial charge in [-0.3, -0.25) is 4.90 Å². The molecule has 1 fully saturated rings. The third-order valence-corrected chi connectivity index (χ3v) is 6.39. The number of benzene rings is 2. The Kier molecular flexibility index (Phi) is 6.23. The molecule has 7 heteroatoms. The minimum atomic E-state index is -0.145. The first-order valence-electron chi connectivity index (χ1n) is 11.0. The van der Waals surface area contributed by atoms with Gasteiger partial charge in [-0.15, -0.1) is 5.10 Å². The van der Waals surface area contributed by atoms with Crippen molar-refractivity contribution >= 4 is 5.69 Å². The number of tetrazole rings is 1. The molecule has 1 aromatic heterocycles. The van der Waals surface area contributed by atoms with E-state index in [9.17, 15) is 0 Å². The van der Waals surface area contributed by atoms with Crippen LogP contribution in [0.3, 0.4) is 0 Å². The molecule has 1 atom stereocenters. The van der Waals surface area contributed by atoms with Crippen LogP contribution in [-0.2, 0) is 5.54 Å². The maximum atomic E-state index is 5.41. The molecule has 1 unspecified atom stereocenters. The number of anilines is 1. The van der Waals surface area contributed by atoms with Crippen LogP contribution in [0.25, 0.3) is 0 Å². The topological polar surface area (TPSA) is 59.3 Å². The highest BCUT2D eigenvalue weighted by Crippen LogP contribution is 2.32. The maximum Gasteiger partial charge on any atom is 0.173 e. The summed E-state index contributed by atoms with van der Waals surface area (Å²) in [4.78, 5) is 4.92. The van der Waals surface area contributed by atoms with Crippen LogP contribution < -0.4 is 9.64 Å². The van der Waals surface area contributed by atoms with E-state index in [2.05, 4.69) is 88.6 Å². The Balaban J connectivity index is 1.61. The first kappa shape index (κ1) is 21.3. The molecule has 0 N–H and O–H groups in total. The second kappa shape index (κ2) is 9.06. The van der Waals surface area contributed by atoms with Gasteiger partial charge in [0.25, 0.3) is 0 Å². The van der Waals surface area contributed by atoms with Crippen LogP contribution in [0.15, 0.2) is 54.6 Å². The molecule has 0 saturated carbocycles. The van der Waals surface area contributed by atoms with E-state index in [-0.39, 0.29) is 11.6 Å². The van der Waals surface area contributed by atoms with Crippen molar-refractivity contribution in [3.63, 3.8) is 0 Å². The molecule has 0 radical (unpaired) electrons. The zero-order valence-corrected chi connectivity index (χ0v) is 18.9. The highest BCUT2D eigenvalue weighted by Gasteiger charge is 2.34. The number of piperazine rings is 1. The van der Waals surface area contributed by atoms with Gasteiger partial charge in [-0.25, -0.2) is 4.68 Å². The van der Waals surface area contributed by atoms with Crippen LogP contribution in [0.1, 0.15) is 44.6 Å². The third kappa shape index (κ3) is 4.42. The predicted molar refractivity (Wildman–Crippen MR) is 122 cm³/mol. The summed E-state index contributed by atoms with van der Waals surface area (Å²) in [6.45, 7) is 10.3. The number of ether oxygens (including phenoxy) is 1. The molecule has 0 amide bonds. The van der Waals surface area contributed by atoms with Crippen LogP contribution in [0.4, 0.5) is 5.69 Å². The van der Waals surface area contributed by atoms with E-state index in [4.69, 9.17) is 4.74 Å². The molecule has 0 spiro atoms. The third-order valence-electron chi connectivity index (χ3n) is 6.39. The van der Waals surface area contributed by atoms with E-state index in [1.807, 2.05) is 16.8 Å². The van der Waals surface area contributed by atoms with Crippen LogP contribution >= 0.6 is 0 Å². The van der Waals surface area contributed by atoms with Crippen molar-refractivity contribution in [2.75, 3.05) is 38.2 Å². The lowest BCUT2D eigenvalue weighted by atomic mass is 9.99. The van der Waals surface area contributed by atoms with Gasteiger partial charge in [0, 0.05) is 37.9 Å². The van der Waals surface area contributed by atoms with Crippen LogP contribution in [0, 0.1) is 0 Å². The van der Waals surface area contributed by atoms with E-state index in [1.165, 1.54) is 11.3 Å². The molecule has 1 aliphatic heterocycles. The van der Waals surface area contributed by atoms with Crippen LogP contribution in [0.5, 0.6) is 5.75 Å². The standard InChI is InChI=1S/C24H32N6O/c1-5-24(2,3)30-23(25-26-27-30)22(19-10-7-6-8-11-19)29-16-14-28(15-17-29)20-12-9-13-21(18-20)31-4/h6-13,18,22H,5,14-17H2,1-4H3. The number of aromatic nitrogens is 4. The number of rotatable bonds is 7. The molecule has 4 rings (SSSR count). The lowest BCUT2D eigenvalue weighted by Gasteiger charge is -2.40. The summed E-state index contributed by atoms with van der Waals surface area (Å²) in [5.41, 5.74) is 2.28. The van der Waals surface area contributed by atoms with Crippen molar-refractivity contribution in [1.29, 1.82) is 0 Å². The SMILES string of the molecule is CCC(C)(C)n1nnnc1C(c1ccccc1)N1CCN(c2cccc(OC)c2)CC1. The Bertz CT molecular complexity index is 978. The fourth-order valence-corrected chi connectivity index (χ4v) is 4.15. The van der Waals surface area contributed by atoms with Gasteiger partial charge < -0.3 is 9.64 Å². The summed E-state index contributed by atoms with van der Waals surface area (Å²) >= 11 is 0. The van der Waals surface area contributed by atoms with Crippen molar-refractivity contribution in [2.45, 2.75) is 38.8 Å². The van der Waals surface area contributed by atoms with Gasteiger partial charge in [-0.1, -0.05) is 43.3 Å². The van der Waals surface area contributed by atoms with Gasteiger partial charge in [0.05, 0.1) is 18.7 Å². The Morgan fingerprint density at radius 3 is 2.42 bits per heavy atom. The zero-order valence-electron chi connectivity index (χ0n) is 18.9. The van der Waals surface area contributed by atoms with Gasteiger partial charge in [-0.05, 0) is 48.4 Å². The summed E-state index contributed by atoms with van der Waals surface area (Å²) in [6.07, 6.45) is 0.955. The minimum absolute atomic E-state index is 0.0227. The summed E-state index contributed by atoms with van der Waals surface area (Å²) in [5, 5.41) is 13.0. The Morgan fingerprint density at radius 2 is 1.74 bits per heavy atom. The van der Waals surface area contributed by atoms with Crippen LogP contribution in [-0.4, -0.2) is 58.4 Å². The Morgan fingerprint density at radius 1 is 1.00 bits per heavy atom. The molecule has 31 heavy (non-hydrogen) atoms. The zero-order chi connectivity index (χ0) is 21.8. The number of methoxy groups -OCH3 is 1. The van der Waals surface area contributed by atoms with E-state index in [1.54, 1.807) is 7.11 Å². The second-order valence-electron chi connectivity index (χ2n) is 8.65. The molecule has 164 valence electrons. The van der Waals surface area contributed by atoms with Gasteiger partial charge >= 0.3 is 0 Å². The van der Waals surface area contributed by atoms with E-state index in [0.29, 0.717) is 0 Å². The van der Waals surface area contributed by atoms with E-state index in [0.717, 1.165) is 44.2 Å². The molecule has 2 aromatic carbocycles. The molecule has 0 aliphatic carbocycles. The van der Waals surface area contributed by atoms with Crippen molar-refractivity contribution in [2.24, 2.45) is 0 Å². The average Bonchev–Trinajstić information content (AvgIpc) is 3.31. The quantitative estimate of drug-likeness (QED) is 0.580. The van der Waals surface area contributed by atoms with Gasteiger partial charge in [0.1, 0.15) is 5.75 Å². The van der Waals surface area contributed by atoms with Crippen LogP contribution in [0.2, 0.25) is 0 Å². The first-order valence-corrected chi connectivity index (χ1v) is 11.0. The molecule has 3 aromatic rings.